The van der Waals surface area contributed by atoms with Crippen molar-refractivity contribution >= 4 is 11.9 Å². The molecule has 0 bridgehead atoms. The maximum Gasteiger partial charge on any atom is 0.305 e. The predicted octanol–water partition coefficient (Wildman–Crippen LogP) is 17.4. The molecule has 0 aliphatic heterocycles. The number of esters is 1. The molecule has 65 heavy (non-hydrogen) atoms. The lowest BCUT2D eigenvalue weighted by atomic mass is 10.0. The summed E-state index contributed by atoms with van der Waals surface area (Å²) in [5, 5.41) is 23.3. The lowest BCUT2D eigenvalue weighted by Gasteiger charge is -2.22. The van der Waals surface area contributed by atoms with Gasteiger partial charge >= 0.3 is 5.97 Å². The molecule has 0 aromatic rings. The van der Waals surface area contributed by atoms with Crippen molar-refractivity contribution in [3.8, 4) is 0 Å². The molecule has 3 N–H and O–H groups in total. The summed E-state index contributed by atoms with van der Waals surface area (Å²) < 4.78 is 5.44. The van der Waals surface area contributed by atoms with Crippen LogP contribution in [0.3, 0.4) is 0 Å². The van der Waals surface area contributed by atoms with E-state index >= 15 is 0 Å². The summed E-state index contributed by atoms with van der Waals surface area (Å²) in [5.74, 6) is -0.0932. The second-order valence-corrected chi connectivity index (χ2v) is 19.3. The summed E-state index contributed by atoms with van der Waals surface area (Å²) in [6.45, 7) is 4.87. The Labute approximate surface area is 404 Å². The molecule has 0 heterocycles. The van der Waals surface area contributed by atoms with Crippen molar-refractivity contribution in [1.82, 2.24) is 5.32 Å². The first-order valence-corrected chi connectivity index (χ1v) is 28.4. The molecule has 0 aromatic carbocycles. The second kappa shape index (κ2) is 54.4. The van der Waals surface area contributed by atoms with Gasteiger partial charge in [0.1, 0.15) is 0 Å². The van der Waals surface area contributed by atoms with E-state index in [-0.39, 0.29) is 18.5 Å². The van der Waals surface area contributed by atoms with Crippen molar-refractivity contribution in [2.24, 2.45) is 0 Å². The Morgan fingerprint density at radius 3 is 1.29 bits per heavy atom. The number of hydrogen-bond donors (Lipinski definition) is 3. The van der Waals surface area contributed by atoms with Gasteiger partial charge in [-0.15, -0.1) is 0 Å². The molecular formula is C59H109NO5. The Bertz CT molecular complexity index is 1100. The number of ether oxygens (including phenoxy) is 1. The van der Waals surface area contributed by atoms with Crippen LogP contribution in [0.4, 0.5) is 0 Å². The molecule has 0 radical (unpaired) electrons. The molecule has 0 rings (SSSR count). The number of aliphatic hydroxyl groups is 2. The maximum absolute atomic E-state index is 12.5. The fourth-order valence-corrected chi connectivity index (χ4v) is 8.48. The van der Waals surface area contributed by atoms with Crippen LogP contribution in [0.2, 0.25) is 0 Å². The number of allylic oxidation sites excluding steroid dienone is 8. The van der Waals surface area contributed by atoms with E-state index in [0.29, 0.717) is 25.9 Å². The van der Waals surface area contributed by atoms with Gasteiger partial charge in [-0.1, -0.05) is 236 Å². The molecule has 2 unspecified atom stereocenters. The molecule has 0 aliphatic rings. The predicted molar refractivity (Wildman–Crippen MR) is 282 cm³/mol. The normalized spacial score (nSPS) is 13.0. The number of rotatable bonds is 52. The summed E-state index contributed by atoms with van der Waals surface area (Å²) in [4.78, 5) is 24.5. The van der Waals surface area contributed by atoms with Crippen LogP contribution < -0.4 is 5.32 Å². The zero-order valence-corrected chi connectivity index (χ0v) is 43.2. The second-order valence-electron chi connectivity index (χ2n) is 19.3. The molecule has 2 atom stereocenters. The van der Waals surface area contributed by atoms with Gasteiger partial charge in [-0.05, 0) is 89.9 Å². The van der Waals surface area contributed by atoms with Crippen LogP contribution in [0.15, 0.2) is 48.6 Å². The smallest absolute Gasteiger partial charge is 0.305 e. The number of hydrogen-bond acceptors (Lipinski definition) is 5. The minimum absolute atomic E-state index is 0.0359. The monoisotopic (exact) mass is 912 g/mol. The van der Waals surface area contributed by atoms with Gasteiger partial charge in [-0.25, -0.2) is 0 Å². The molecule has 6 heteroatoms. The number of nitrogens with one attached hydrogen (secondary N) is 1. The van der Waals surface area contributed by atoms with E-state index in [4.69, 9.17) is 4.74 Å². The summed E-state index contributed by atoms with van der Waals surface area (Å²) in [6, 6.07) is -0.560. The standard InChI is InChI=1S/C59H109NO5/c1-3-5-7-9-11-13-15-17-19-20-21-24-27-31-35-39-43-47-51-57(62)56(55-61)60-58(63)52-48-44-40-36-32-28-25-22-26-30-34-38-42-46-50-54-65-59(64)53-49-45-41-37-33-29-23-18-16-14-12-10-8-6-4-2/h12,14,18,22-23,26,30,34,56-57,61-62H,3-11,13,15-17,19-21,24-25,27-29,31-33,35-55H2,1-2H3,(H,60,63)/b14-12-,23-18-,26-22-,34-30-. The van der Waals surface area contributed by atoms with Crippen molar-refractivity contribution in [2.75, 3.05) is 13.2 Å². The van der Waals surface area contributed by atoms with Crippen molar-refractivity contribution in [1.29, 1.82) is 0 Å². The summed E-state index contributed by atoms with van der Waals surface area (Å²) >= 11 is 0. The first-order chi connectivity index (χ1) is 32.0. The maximum atomic E-state index is 12.5. The average molecular weight is 913 g/mol. The van der Waals surface area contributed by atoms with E-state index in [1.54, 1.807) is 0 Å². The lowest BCUT2D eigenvalue weighted by molar-refractivity contribution is -0.143. The van der Waals surface area contributed by atoms with Crippen LogP contribution in [-0.4, -0.2) is 47.4 Å². The van der Waals surface area contributed by atoms with Crippen molar-refractivity contribution < 1.29 is 24.5 Å². The van der Waals surface area contributed by atoms with E-state index in [2.05, 4.69) is 67.8 Å². The van der Waals surface area contributed by atoms with E-state index in [1.165, 1.54) is 167 Å². The molecule has 380 valence electrons. The Morgan fingerprint density at radius 2 is 0.815 bits per heavy atom. The molecule has 0 spiro atoms. The highest BCUT2D eigenvalue weighted by molar-refractivity contribution is 5.76. The van der Waals surface area contributed by atoms with E-state index < -0.39 is 12.1 Å². The number of carbonyl (C=O) groups is 2. The topological polar surface area (TPSA) is 95.9 Å². The highest BCUT2D eigenvalue weighted by Gasteiger charge is 2.20. The van der Waals surface area contributed by atoms with E-state index in [0.717, 1.165) is 89.9 Å². The van der Waals surface area contributed by atoms with Gasteiger partial charge in [0.15, 0.2) is 0 Å². The third kappa shape index (κ3) is 51.1. The van der Waals surface area contributed by atoms with Crippen molar-refractivity contribution in [2.45, 2.75) is 302 Å². The van der Waals surface area contributed by atoms with Crippen molar-refractivity contribution in [3.63, 3.8) is 0 Å². The van der Waals surface area contributed by atoms with Crippen LogP contribution >= 0.6 is 0 Å². The fraction of sp³-hybridized carbons (Fsp3) is 0.831. The van der Waals surface area contributed by atoms with Gasteiger partial charge in [0.2, 0.25) is 5.91 Å². The van der Waals surface area contributed by atoms with E-state index in [1.807, 2.05) is 0 Å². The van der Waals surface area contributed by atoms with Gasteiger partial charge in [-0.2, -0.15) is 0 Å². The molecule has 0 aromatic heterocycles. The first kappa shape index (κ1) is 62.8. The molecule has 0 fully saturated rings. The van der Waals surface area contributed by atoms with E-state index in [9.17, 15) is 19.8 Å². The largest absolute Gasteiger partial charge is 0.466 e. The minimum atomic E-state index is -0.680. The van der Waals surface area contributed by atoms with Gasteiger partial charge in [0.25, 0.3) is 0 Å². The van der Waals surface area contributed by atoms with Gasteiger partial charge in [0.05, 0.1) is 25.4 Å². The molecule has 0 saturated heterocycles. The highest BCUT2D eigenvalue weighted by atomic mass is 16.5. The molecule has 1 amide bonds. The fourth-order valence-electron chi connectivity index (χ4n) is 8.48. The van der Waals surface area contributed by atoms with Crippen LogP contribution in [0.5, 0.6) is 0 Å². The number of carbonyl (C=O) groups excluding carboxylic acids is 2. The highest BCUT2D eigenvalue weighted by Crippen LogP contribution is 2.16. The average Bonchev–Trinajstić information content (AvgIpc) is 3.31. The number of aliphatic hydroxyl groups excluding tert-OH is 2. The number of unbranched alkanes of at least 4 members (excludes halogenated alkanes) is 34. The zero-order chi connectivity index (χ0) is 47.2. The Balaban J connectivity index is 3.53. The van der Waals surface area contributed by atoms with Gasteiger partial charge in [-0.3, -0.25) is 9.59 Å². The Morgan fingerprint density at radius 1 is 0.446 bits per heavy atom. The Hall–Kier alpha value is -2.18. The summed E-state index contributed by atoms with van der Waals surface area (Å²) in [7, 11) is 0. The summed E-state index contributed by atoms with van der Waals surface area (Å²) in [5.41, 5.74) is 0. The third-order valence-electron chi connectivity index (χ3n) is 12.9. The molecule has 0 saturated carbocycles. The third-order valence-corrected chi connectivity index (χ3v) is 12.9. The Kier molecular flexibility index (Phi) is 52.6. The zero-order valence-electron chi connectivity index (χ0n) is 43.2. The molecular weight excluding hydrogens is 803 g/mol. The quantitative estimate of drug-likeness (QED) is 0.0245. The van der Waals surface area contributed by atoms with Gasteiger partial charge in [0, 0.05) is 12.8 Å². The first-order valence-electron chi connectivity index (χ1n) is 28.4. The molecule has 0 aliphatic carbocycles. The SMILES string of the molecule is CCCCC/C=C\C/C=C\CCCCCCCC(=O)OCCCCC/C=C\C=C/CCCCCCCCC(=O)NC(CO)C(O)CCCCCCCCCCCCCCCCCCCC. The van der Waals surface area contributed by atoms with Crippen LogP contribution in [0.25, 0.3) is 0 Å². The van der Waals surface area contributed by atoms with Gasteiger partial charge < -0.3 is 20.3 Å². The van der Waals surface area contributed by atoms with Crippen LogP contribution in [-0.2, 0) is 14.3 Å². The number of amides is 1. The van der Waals surface area contributed by atoms with Crippen LogP contribution in [0, 0.1) is 0 Å². The molecule has 6 nitrogen and oxygen atoms in total. The summed E-state index contributed by atoms with van der Waals surface area (Å²) in [6.07, 6.45) is 68.1. The van der Waals surface area contributed by atoms with Crippen molar-refractivity contribution in [3.05, 3.63) is 48.6 Å². The van der Waals surface area contributed by atoms with Crippen LogP contribution in [0.1, 0.15) is 290 Å². The lowest BCUT2D eigenvalue weighted by Crippen LogP contribution is -2.45. The minimum Gasteiger partial charge on any atom is -0.466 e.